The van der Waals surface area contributed by atoms with E-state index in [9.17, 15) is 9.59 Å². The molecule has 3 rings (SSSR count). The minimum Gasteiger partial charge on any atom is -0.497 e. The summed E-state index contributed by atoms with van der Waals surface area (Å²) in [6.07, 6.45) is 0. The van der Waals surface area contributed by atoms with Crippen LogP contribution in [0.1, 0.15) is 51.9 Å². The van der Waals surface area contributed by atoms with Gasteiger partial charge in [-0.2, -0.15) is 0 Å². The number of hydrogen-bond donors (Lipinski definition) is 0. The van der Waals surface area contributed by atoms with Crippen LogP contribution in [0, 0.1) is 16.7 Å². The summed E-state index contributed by atoms with van der Waals surface area (Å²) in [6.45, 7) is 12.4. The van der Waals surface area contributed by atoms with E-state index in [4.69, 9.17) is 9.47 Å². The van der Waals surface area contributed by atoms with E-state index < -0.39 is 5.97 Å². The van der Waals surface area contributed by atoms with E-state index in [0.29, 0.717) is 11.5 Å². The molecule has 0 aliphatic heterocycles. The number of esters is 1. The van der Waals surface area contributed by atoms with Gasteiger partial charge in [0.1, 0.15) is 11.5 Å². The number of carbonyl (C=O) groups excluding carboxylic acids is 2. The molecule has 1 atom stereocenters. The second-order valence-corrected chi connectivity index (χ2v) is 9.12. The third kappa shape index (κ3) is 3.69. The standard InChI is InChI=1S/C25H31NO4/c1-16(22-24(3,4)25(22,5)6)26(18-12-14-19(29-7)15-13-18)23(28)20-10-8-9-11-21(20)30-17(2)27/h8-16,22H,1-7H3. The average molecular weight is 410 g/mol. The first-order chi connectivity index (χ1) is 14.0. The maximum absolute atomic E-state index is 13.8. The van der Waals surface area contributed by atoms with Crippen molar-refractivity contribution in [2.75, 3.05) is 12.0 Å². The van der Waals surface area contributed by atoms with Crippen LogP contribution in [0.15, 0.2) is 48.5 Å². The number of carbonyl (C=O) groups is 2. The fourth-order valence-corrected chi connectivity index (χ4v) is 4.90. The Balaban J connectivity index is 2.06. The zero-order chi connectivity index (χ0) is 22.3. The van der Waals surface area contributed by atoms with E-state index in [2.05, 4.69) is 34.6 Å². The van der Waals surface area contributed by atoms with Crippen molar-refractivity contribution in [1.29, 1.82) is 0 Å². The quantitative estimate of drug-likeness (QED) is 0.477. The van der Waals surface area contributed by atoms with Crippen LogP contribution in [0.25, 0.3) is 0 Å². The number of ether oxygens (including phenoxy) is 2. The molecule has 1 fully saturated rings. The van der Waals surface area contributed by atoms with Gasteiger partial charge in [0.05, 0.1) is 12.7 Å². The molecule has 0 N–H and O–H groups in total. The highest BCUT2D eigenvalue weighted by Crippen LogP contribution is 2.70. The molecule has 0 aromatic heterocycles. The molecule has 1 aliphatic carbocycles. The summed E-state index contributed by atoms with van der Waals surface area (Å²) >= 11 is 0. The molecule has 0 bridgehead atoms. The summed E-state index contributed by atoms with van der Waals surface area (Å²) in [5.74, 6) is 0.671. The van der Waals surface area contributed by atoms with Crippen LogP contribution in [-0.4, -0.2) is 25.0 Å². The number of benzene rings is 2. The Kier molecular flexibility index (Phi) is 5.68. The predicted molar refractivity (Wildman–Crippen MR) is 118 cm³/mol. The van der Waals surface area contributed by atoms with Gasteiger partial charge in [0.25, 0.3) is 5.91 Å². The highest BCUT2D eigenvalue weighted by atomic mass is 16.5. The normalized spacial score (nSPS) is 17.7. The Morgan fingerprint density at radius 2 is 1.53 bits per heavy atom. The minimum atomic E-state index is -0.455. The van der Waals surface area contributed by atoms with Crippen molar-refractivity contribution >= 4 is 17.6 Å². The third-order valence-corrected chi connectivity index (χ3v) is 6.96. The molecule has 1 aliphatic rings. The van der Waals surface area contributed by atoms with Crippen molar-refractivity contribution in [3.63, 3.8) is 0 Å². The van der Waals surface area contributed by atoms with Crippen LogP contribution >= 0.6 is 0 Å². The number of para-hydroxylation sites is 1. The van der Waals surface area contributed by atoms with Gasteiger partial charge in [-0.25, -0.2) is 0 Å². The summed E-state index contributed by atoms with van der Waals surface area (Å²) in [6, 6.07) is 14.3. The first-order valence-electron chi connectivity index (χ1n) is 10.3. The maximum atomic E-state index is 13.8. The Morgan fingerprint density at radius 1 is 0.967 bits per heavy atom. The molecule has 0 heterocycles. The monoisotopic (exact) mass is 409 g/mol. The van der Waals surface area contributed by atoms with Crippen molar-refractivity contribution in [3.05, 3.63) is 54.1 Å². The lowest BCUT2D eigenvalue weighted by Gasteiger charge is -2.31. The van der Waals surface area contributed by atoms with Gasteiger partial charge in [0.2, 0.25) is 0 Å². The van der Waals surface area contributed by atoms with E-state index in [-0.39, 0.29) is 28.5 Å². The molecule has 30 heavy (non-hydrogen) atoms. The van der Waals surface area contributed by atoms with Gasteiger partial charge in [-0.1, -0.05) is 39.8 Å². The molecule has 2 aromatic carbocycles. The Morgan fingerprint density at radius 3 is 2.03 bits per heavy atom. The van der Waals surface area contributed by atoms with Crippen LogP contribution in [0.4, 0.5) is 5.69 Å². The van der Waals surface area contributed by atoms with E-state index in [1.54, 1.807) is 31.4 Å². The lowest BCUT2D eigenvalue weighted by Crippen LogP contribution is -2.41. The zero-order valence-electron chi connectivity index (χ0n) is 18.9. The zero-order valence-corrected chi connectivity index (χ0v) is 18.9. The van der Waals surface area contributed by atoms with Gasteiger partial charge in [-0.15, -0.1) is 0 Å². The second kappa shape index (κ2) is 7.78. The fraction of sp³-hybridized carbons (Fsp3) is 0.440. The first-order valence-corrected chi connectivity index (χ1v) is 10.3. The SMILES string of the molecule is COc1ccc(N(C(=O)c2ccccc2OC(C)=O)C(C)C2C(C)(C)C2(C)C)cc1. The second-order valence-electron chi connectivity index (χ2n) is 9.12. The smallest absolute Gasteiger partial charge is 0.308 e. The van der Waals surface area contributed by atoms with Gasteiger partial charge in [0.15, 0.2) is 0 Å². The van der Waals surface area contributed by atoms with Gasteiger partial charge < -0.3 is 14.4 Å². The fourth-order valence-electron chi connectivity index (χ4n) is 4.90. The highest BCUT2D eigenvalue weighted by Gasteiger charge is 2.67. The topological polar surface area (TPSA) is 55.8 Å². The Bertz CT molecular complexity index is 932. The van der Waals surface area contributed by atoms with Crippen LogP contribution in [0.5, 0.6) is 11.5 Å². The number of hydrogen-bond acceptors (Lipinski definition) is 4. The third-order valence-electron chi connectivity index (χ3n) is 6.96. The van der Waals surface area contributed by atoms with Crippen LogP contribution < -0.4 is 14.4 Å². The lowest BCUT2D eigenvalue weighted by molar-refractivity contribution is -0.131. The molecule has 1 amide bonds. The van der Waals surface area contributed by atoms with E-state index in [0.717, 1.165) is 11.4 Å². The van der Waals surface area contributed by atoms with Crippen molar-refractivity contribution in [1.82, 2.24) is 0 Å². The lowest BCUT2D eigenvalue weighted by atomic mass is 10.0. The summed E-state index contributed by atoms with van der Waals surface area (Å²) < 4.78 is 10.6. The van der Waals surface area contributed by atoms with Crippen LogP contribution in [-0.2, 0) is 4.79 Å². The van der Waals surface area contributed by atoms with Gasteiger partial charge in [-0.05, 0) is 60.1 Å². The molecule has 0 spiro atoms. The van der Waals surface area contributed by atoms with E-state index in [1.165, 1.54) is 6.92 Å². The molecule has 5 nitrogen and oxygen atoms in total. The summed E-state index contributed by atoms with van der Waals surface area (Å²) in [5, 5.41) is 0. The molecule has 1 unspecified atom stereocenters. The van der Waals surface area contributed by atoms with Crippen molar-refractivity contribution in [2.45, 2.75) is 47.6 Å². The number of methoxy groups -OCH3 is 1. The van der Waals surface area contributed by atoms with Crippen molar-refractivity contribution in [3.8, 4) is 11.5 Å². The minimum absolute atomic E-state index is 0.0544. The first kappa shape index (κ1) is 21.9. The van der Waals surface area contributed by atoms with E-state index >= 15 is 0 Å². The van der Waals surface area contributed by atoms with Crippen LogP contribution in [0.2, 0.25) is 0 Å². The maximum Gasteiger partial charge on any atom is 0.308 e. The largest absolute Gasteiger partial charge is 0.497 e. The molecule has 0 radical (unpaired) electrons. The summed E-state index contributed by atoms with van der Waals surface area (Å²) in [5.41, 5.74) is 1.36. The Labute approximate surface area is 179 Å². The molecule has 160 valence electrons. The molecular formula is C25H31NO4. The van der Waals surface area contributed by atoms with Gasteiger partial charge in [-0.3, -0.25) is 9.59 Å². The van der Waals surface area contributed by atoms with Gasteiger partial charge >= 0.3 is 5.97 Å². The van der Waals surface area contributed by atoms with Gasteiger partial charge in [0, 0.05) is 18.7 Å². The Hall–Kier alpha value is -2.82. The molecule has 5 heteroatoms. The van der Waals surface area contributed by atoms with E-state index in [1.807, 2.05) is 29.2 Å². The highest BCUT2D eigenvalue weighted by molar-refractivity contribution is 6.08. The van der Waals surface area contributed by atoms with Crippen molar-refractivity contribution in [2.24, 2.45) is 16.7 Å². The number of amides is 1. The summed E-state index contributed by atoms with van der Waals surface area (Å²) in [7, 11) is 1.62. The van der Waals surface area contributed by atoms with Crippen LogP contribution in [0.3, 0.4) is 0 Å². The predicted octanol–water partition coefficient (Wildman–Crippen LogP) is 5.34. The summed E-state index contributed by atoms with van der Waals surface area (Å²) in [4.78, 5) is 27.2. The molecular weight excluding hydrogens is 378 g/mol. The number of rotatable bonds is 6. The number of anilines is 1. The number of nitrogens with zero attached hydrogens (tertiary/aromatic N) is 1. The van der Waals surface area contributed by atoms with Crippen molar-refractivity contribution < 1.29 is 19.1 Å². The average Bonchev–Trinajstić information content (AvgIpc) is 3.10. The molecule has 1 saturated carbocycles. The molecule has 0 saturated heterocycles. The molecule has 2 aromatic rings.